The number of hydrogen-bond acceptors (Lipinski definition) is 3. The molecule has 2 aromatic rings. The molecule has 1 amide bonds. The average Bonchev–Trinajstić information content (AvgIpc) is 2.28. The summed E-state index contributed by atoms with van der Waals surface area (Å²) in [6, 6.07) is 5.60. The van der Waals surface area contributed by atoms with Gasteiger partial charge in [-0.1, -0.05) is 12.1 Å². The van der Waals surface area contributed by atoms with Crippen molar-refractivity contribution in [1.29, 1.82) is 0 Å². The highest BCUT2D eigenvalue weighted by Gasteiger charge is 2.16. The van der Waals surface area contributed by atoms with Gasteiger partial charge in [0.05, 0.1) is 0 Å². The first-order chi connectivity index (χ1) is 8.00. The van der Waals surface area contributed by atoms with E-state index >= 15 is 0 Å². The zero-order valence-electron chi connectivity index (χ0n) is 9.36. The smallest absolute Gasteiger partial charge is 0.349 e. The van der Waals surface area contributed by atoms with Gasteiger partial charge in [-0.15, -0.1) is 0 Å². The topological polar surface area (TPSA) is 50.5 Å². The lowest BCUT2D eigenvalue weighted by Gasteiger charge is -2.09. The Morgan fingerprint density at radius 1 is 1.35 bits per heavy atom. The minimum Gasteiger partial charge on any atom is -0.419 e. The molecule has 0 atom stereocenters. The van der Waals surface area contributed by atoms with Gasteiger partial charge < -0.3 is 9.32 Å². The molecule has 0 saturated carbocycles. The number of halogens is 1. The highest BCUT2D eigenvalue weighted by atomic mass is 19.1. The molecule has 0 bridgehead atoms. The van der Waals surface area contributed by atoms with Gasteiger partial charge in [0.15, 0.2) is 11.4 Å². The van der Waals surface area contributed by atoms with Crippen molar-refractivity contribution >= 4 is 16.9 Å². The molecule has 0 aliphatic rings. The van der Waals surface area contributed by atoms with Gasteiger partial charge in [-0.25, -0.2) is 9.18 Å². The molecule has 0 aliphatic carbocycles. The van der Waals surface area contributed by atoms with Crippen LogP contribution in [0.1, 0.15) is 10.4 Å². The Labute approximate surface area is 96.3 Å². The first-order valence-corrected chi connectivity index (χ1v) is 4.94. The fraction of sp³-hybridized carbons (Fsp3) is 0.167. The van der Waals surface area contributed by atoms with E-state index in [1.165, 1.54) is 37.2 Å². The monoisotopic (exact) mass is 235 g/mol. The fourth-order valence-electron chi connectivity index (χ4n) is 1.50. The van der Waals surface area contributed by atoms with E-state index in [1.807, 2.05) is 0 Å². The summed E-state index contributed by atoms with van der Waals surface area (Å²) in [5, 5.41) is 0.384. The predicted molar refractivity (Wildman–Crippen MR) is 60.5 cm³/mol. The Bertz CT molecular complexity index is 646. The number of rotatable bonds is 1. The third-order valence-corrected chi connectivity index (χ3v) is 2.35. The molecule has 5 heteroatoms. The van der Waals surface area contributed by atoms with E-state index in [9.17, 15) is 14.0 Å². The molecule has 4 nitrogen and oxygen atoms in total. The third-order valence-electron chi connectivity index (χ3n) is 2.35. The molecule has 0 aliphatic heterocycles. The normalized spacial score (nSPS) is 10.5. The van der Waals surface area contributed by atoms with Gasteiger partial charge in [-0.05, 0) is 12.1 Å². The lowest BCUT2D eigenvalue weighted by Crippen LogP contribution is -2.27. The first-order valence-electron chi connectivity index (χ1n) is 4.94. The highest BCUT2D eigenvalue weighted by molar-refractivity contribution is 5.96. The lowest BCUT2D eigenvalue weighted by molar-refractivity contribution is 0.0823. The molecular weight excluding hydrogens is 225 g/mol. The van der Waals surface area contributed by atoms with Crippen molar-refractivity contribution in [3.63, 3.8) is 0 Å². The Hall–Kier alpha value is -2.17. The molecule has 17 heavy (non-hydrogen) atoms. The van der Waals surface area contributed by atoms with Crippen LogP contribution in [0.25, 0.3) is 11.0 Å². The number of benzene rings is 1. The summed E-state index contributed by atoms with van der Waals surface area (Å²) in [5.74, 6) is -1.09. The average molecular weight is 235 g/mol. The maximum absolute atomic E-state index is 13.3. The van der Waals surface area contributed by atoms with Gasteiger partial charge in [0.2, 0.25) is 0 Å². The molecule has 0 radical (unpaired) electrons. The molecule has 0 spiro atoms. The Morgan fingerprint density at radius 2 is 2.06 bits per heavy atom. The fourth-order valence-corrected chi connectivity index (χ4v) is 1.50. The van der Waals surface area contributed by atoms with Crippen LogP contribution in [-0.4, -0.2) is 24.9 Å². The van der Waals surface area contributed by atoms with E-state index < -0.39 is 17.3 Å². The minimum atomic E-state index is -0.832. The number of amides is 1. The molecular formula is C12H10FNO3. The second-order valence-corrected chi connectivity index (χ2v) is 3.81. The Balaban J connectivity index is 2.73. The molecule has 0 N–H and O–H groups in total. The van der Waals surface area contributed by atoms with Crippen molar-refractivity contribution < 1.29 is 13.6 Å². The van der Waals surface area contributed by atoms with Gasteiger partial charge >= 0.3 is 5.63 Å². The van der Waals surface area contributed by atoms with Gasteiger partial charge in [0.1, 0.15) is 5.56 Å². The quantitative estimate of drug-likeness (QED) is 0.706. The van der Waals surface area contributed by atoms with E-state index in [0.717, 1.165) is 0 Å². The maximum Gasteiger partial charge on any atom is 0.349 e. The summed E-state index contributed by atoms with van der Waals surface area (Å²) in [6.45, 7) is 0. The van der Waals surface area contributed by atoms with Crippen LogP contribution in [0.5, 0.6) is 0 Å². The summed E-state index contributed by atoms with van der Waals surface area (Å²) in [5.41, 5.74) is -1.07. The van der Waals surface area contributed by atoms with Gasteiger partial charge in [-0.2, -0.15) is 0 Å². The summed E-state index contributed by atoms with van der Waals surface area (Å²) < 4.78 is 18.1. The molecule has 1 heterocycles. The summed E-state index contributed by atoms with van der Waals surface area (Å²) in [6.07, 6.45) is 0. The maximum atomic E-state index is 13.3. The number of hydrogen-bond donors (Lipinski definition) is 0. The summed E-state index contributed by atoms with van der Waals surface area (Å²) in [7, 11) is 3.05. The van der Waals surface area contributed by atoms with E-state index in [1.54, 1.807) is 6.07 Å². The number of nitrogens with zero attached hydrogens (tertiary/aromatic N) is 1. The molecule has 0 saturated heterocycles. The third kappa shape index (κ3) is 1.91. The van der Waals surface area contributed by atoms with E-state index in [-0.39, 0.29) is 11.1 Å². The summed E-state index contributed by atoms with van der Waals surface area (Å²) in [4.78, 5) is 24.5. The van der Waals surface area contributed by atoms with E-state index in [0.29, 0.717) is 5.39 Å². The second-order valence-electron chi connectivity index (χ2n) is 3.81. The van der Waals surface area contributed by atoms with Gasteiger partial charge in [0, 0.05) is 19.5 Å². The van der Waals surface area contributed by atoms with Crippen LogP contribution >= 0.6 is 0 Å². The Kier molecular flexibility index (Phi) is 2.67. The number of fused-ring (bicyclic) bond motifs is 1. The lowest BCUT2D eigenvalue weighted by atomic mass is 10.1. The summed E-state index contributed by atoms with van der Waals surface area (Å²) >= 11 is 0. The predicted octanol–water partition coefficient (Wildman–Crippen LogP) is 1.63. The zero-order valence-corrected chi connectivity index (χ0v) is 9.36. The van der Waals surface area contributed by atoms with Gasteiger partial charge in [-0.3, -0.25) is 4.79 Å². The van der Waals surface area contributed by atoms with Crippen molar-refractivity contribution in [2.75, 3.05) is 14.1 Å². The number of carbonyl (C=O) groups excluding carboxylic acids is 1. The molecule has 88 valence electrons. The van der Waals surface area contributed by atoms with Crippen molar-refractivity contribution in [1.82, 2.24) is 4.90 Å². The van der Waals surface area contributed by atoms with Crippen LogP contribution in [0, 0.1) is 5.82 Å². The SMILES string of the molecule is CN(C)C(=O)c1cc2cccc(F)c2oc1=O. The first kappa shape index (κ1) is 11.3. The molecule has 2 rings (SSSR count). The zero-order chi connectivity index (χ0) is 12.6. The highest BCUT2D eigenvalue weighted by Crippen LogP contribution is 2.17. The molecule has 0 unspecified atom stereocenters. The second kappa shape index (κ2) is 4.01. The van der Waals surface area contributed by atoms with Crippen LogP contribution in [-0.2, 0) is 0 Å². The van der Waals surface area contributed by atoms with Crippen molar-refractivity contribution in [2.45, 2.75) is 0 Å². The van der Waals surface area contributed by atoms with Gasteiger partial charge in [0.25, 0.3) is 5.91 Å². The van der Waals surface area contributed by atoms with Crippen molar-refractivity contribution in [3.8, 4) is 0 Å². The standard InChI is InChI=1S/C12H10FNO3/c1-14(2)11(15)8-6-7-4-3-5-9(13)10(7)17-12(8)16/h3-6H,1-2H3. The van der Waals surface area contributed by atoms with Crippen LogP contribution in [0.2, 0.25) is 0 Å². The van der Waals surface area contributed by atoms with Crippen molar-refractivity contribution in [2.24, 2.45) is 0 Å². The molecule has 1 aromatic carbocycles. The number of para-hydroxylation sites is 1. The van der Waals surface area contributed by atoms with Crippen LogP contribution in [0.4, 0.5) is 4.39 Å². The van der Waals surface area contributed by atoms with Crippen LogP contribution in [0.15, 0.2) is 33.5 Å². The molecule has 1 aromatic heterocycles. The largest absolute Gasteiger partial charge is 0.419 e. The molecule has 0 fully saturated rings. The number of carbonyl (C=O) groups is 1. The minimum absolute atomic E-state index is 0.104. The van der Waals surface area contributed by atoms with E-state index in [2.05, 4.69) is 0 Å². The Morgan fingerprint density at radius 3 is 2.71 bits per heavy atom. The van der Waals surface area contributed by atoms with Crippen LogP contribution in [0.3, 0.4) is 0 Å². The van der Waals surface area contributed by atoms with Crippen molar-refractivity contribution in [3.05, 3.63) is 46.1 Å². The van der Waals surface area contributed by atoms with Crippen LogP contribution < -0.4 is 5.63 Å². The van der Waals surface area contributed by atoms with E-state index in [4.69, 9.17) is 4.42 Å².